The largest absolute Gasteiger partial charge is 0.445 e. The number of aryl methyl sites for hydroxylation is 1. The van der Waals surface area contributed by atoms with Gasteiger partial charge in [-0.15, -0.1) is 0 Å². The summed E-state index contributed by atoms with van der Waals surface area (Å²) in [6.07, 6.45) is 5.82. The maximum absolute atomic E-state index is 13.7. The standard InChI is InChI=1S/C40H45N9O6/c1-23(2)43-34-27(21-42-39-36(34)54-31-13-9-25(20-41)19-32(31)55-39)37(51)44-26-10-7-24(8-11-26)22-47-15-17-48(18-16-47)28-5-4-6-29-35(28)46(3)40(53)49(29)30-12-14-33(50)45-38(30)52/h4-6,9,13,19,21,23-24,26,30H,7-8,10-12,14-18,22H2,1-3H3,(H,42,43)(H,44,51)(H,45,50,52). The van der Waals surface area contributed by atoms with Crippen LogP contribution in [0.4, 0.5) is 11.4 Å². The number of hydrogen-bond acceptors (Lipinski definition) is 11. The van der Waals surface area contributed by atoms with E-state index in [0.29, 0.717) is 51.9 Å². The maximum Gasteiger partial charge on any atom is 0.329 e. The molecule has 55 heavy (non-hydrogen) atoms. The third-order valence-electron chi connectivity index (χ3n) is 11.2. The van der Waals surface area contributed by atoms with E-state index in [0.717, 1.165) is 69.6 Å². The smallest absolute Gasteiger partial charge is 0.329 e. The highest BCUT2D eigenvalue weighted by Crippen LogP contribution is 2.49. The van der Waals surface area contributed by atoms with Crippen molar-refractivity contribution in [3.63, 3.8) is 0 Å². The average molecular weight is 748 g/mol. The van der Waals surface area contributed by atoms with Gasteiger partial charge in [0.25, 0.3) is 11.8 Å². The molecule has 1 atom stereocenters. The summed E-state index contributed by atoms with van der Waals surface area (Å²) in [5.41, 5.74) is 3.55. The first kappa shape index (κ1) is 36.1. The molecular weight excluding hydrogens is 702 g/mol. The second-order valence-corrected chi connectivity index (χ2v) is 15.3. The highest BCUT2D eigenvalue weighted by Gasteiger charge is 2.34. The number of nitriles is 1. The molecule has 2 saturated heterocycles. The number of fused-ring (bicyclic) bond motifs is 3. The number of rotatable bonds is 8. The van der Waals surface area contributed by atoms with Gasteiger partial charge in [0.15, 0.2) is 11.5 Å². The summed E-state index contributed by atoms with van der Waals surface area (Å²) in [5, 5.41) is 18.3. The van der Waals surface area contributed by atoms with E-state index in [1.165, 1.54) is 10.8 Å². The number of piperidine rings is 1. The zero-order valence-corrected chi connectivity index (χ0v) is 31.3. The molecule has 15 nitrogen and oxygen atoms in total. The van der Waals surface area contributed by atoms with E-state index in [2.05, 4.69) is 36.8 Å². The van der Waals surface area contributed by atoms with Crippen LogP contribution in [0, 0.1) is 17.2 Å². The quantitative estimate of drug-likeness (QED) is 0.192. The molecular formula is C40H45N9O6. The van der Waals surface area contributed by atoms with Crippen LogP contribution in [-0.4, -0.2) is 81.5 Å². The molecule has 15 heteroatoms. The van der Waals surface area contributed by atoms with Crippen LogP contribution in [0.5, 0.6) is 23.1 Å². The van der Waals surface area contributed by atoms with Gasteiger partial charge in [-0.25, -0.2) is 9.78 Å². The lowest BCUT2D eigenvalue weighted by atomic mass is 9.85. The molecule has 3 amide bonds. The second-order valence-electron chi connectivity index (χ2n) is 15.3. The van der Waals surface area contributed by atoms with Crippen LogP contribution in [-0.2, 0) is 16.6 Å². The van der Waals surface area contributed by atoms with Crippen LogP contribution < -0.4 is 36.0 Å². The number of pyridine rings is 1. The Kier molecular flexibility index (Phi) is 9.68. The Morgan fingerprint density at radius 2 is 1.80 bits per heavy atom. The van der Waals surface area contributed by atoms with Crippen LogP contribution in [0.2, 0.25) is 0 Å². The number of piperazine rings is 1. The predicted molar refractivity (Wildman–Crippen MR) is 205 cm³/mol. The molecule has 0 bridgehead atoms. The number of ether oxygens (including phenoxy) is 2. The molecule has 2 aromatic heterocycles. The summed E-state index contributed by atoms with van der Waals surface area (Å²) < 4.78 is 15.3. The highest BCUT2D eigenvalue weighted by atomic mass is 16.6. The molecule has 1 unspecified atom stereocenters. The molecule has 0 radical (unpaired) electrons. The number of aromatic nitrogens is 3. The van der Waals surface area contributed by atoms with Crippen molar-refractivity contribution in [3.8, 4) is 29.2 Å². The molecule has 5 heterocycles. The van der Waals surface area contributed by atoms with Crippen LogP contribution in [0.25, 0.3) is 11.0 Å². The van der Waals surface area contributed by atoms with Gasteiger partial charge in [-0.2, -0.15) is 5.26 Å². The molecule has 3 aliphatic heterocycles. The van der Waals surface area contributed by atoms with E-state index < -0.39 is 11.9 Å². The zero-order chi connectivity index (χ0) is 38.4. The first-order valence-electron chi connectivity index (χ1n) is 19.1. The van der Waals surface area contributed by atoms with Gasteiger partial charge in [-0.1, -0.05) is 6.07 Å². The minimum Gasteiger partial charge on any atom is -0.445 e. The van der Waals surface area contributed by atoms with Gasteiger partial charge >= 0.3 is 5.69 Å². The molecule has 3 N–H and O–H groups in total. The van der Waals surface area contributed by atoms with E-state index in [1.807, 2.05) is 32.0 Å². The Morgan fingerprint density at radius 1 is 1.02 bits per heavy atom. The van der Waals surface area contributed by atoms with E-state index in [1.54, 1.807) is 29.8 Å². The normalized spacial score (nSPS) is 21.2. The number of imide groups is 1. The van der Waals surface area contributed by atoms with Crippen molar-refractivity contribution in [1.82, 2.24) is 29.7 Å². The monoisotopic (exact) mass is 747 g/mol. The fraction of sp³-hybridized carbons (Fsp3) is 0.450. The van der Waals surface area contributed by atoms with Crippen molar-refractivity contribution in [3.05, 3.63) is 64.2 Å². The molecule has 4 aliphatic rings. The Bertz CT molecular complexity index is 2270. The minimum atomic E-state index is -0.714. The first-order valence-corrected chi connectivity index (χ1v) is 19.1. The summed E-state index contributed by atoms with van der Waals surface area (Å²) in [4.78, 5) is 60.9. The Morgan fingerprint density at radius 3 is 2.53 bits per heavy atom. The highest BCUT2D eigenvalue weighted by molar-refractivity contribution is 6.02. The predicted octanol–water partition coefficient (Wildman–Crippen LogP) is 4.41. The van der Waals surface area contributed by atoms with Crippen molar-refractivity contribution in [1.29, 1.82) is 5.26 Å². The first-order chi connectivity index (χ1) is 26.6. The lowest BCUT2D eigenvalue weighted by Gasteiger charge is -2.39. The van der Waals surface area contributed by atoms with Gasteiger partial charge in [-0.3, -0.25) is 33.7 Å². The number of benzene rings is 2. The van der Waals surface area contributed by atoms with Gasteiger partial charge < -0.3 is 25.0 Å². The second kappa shape index (κ2) is 14.7. The van der Waals surface area contributed by atoms with Gasteiger partial charge in [0.2, 0.25) is 17.6 Å². The third-order valence-corrected chi connectivity index (χ3v) is 11.2. The fourth-order valence-electron chi connectivity index (χ4n) is 8.39. The van der Waals surface area contributed by atoms with Gasteiger partial charge in [0.1, 0.15) is 6.04 Å². The van der Waals surface area contributed by atoms with Gasteiger partial charge in [0.05, 0.1) is 39.6 Å². The number of nitrogens with one attached hydrogen (secondary N) is 3. The maximum atomic E-state index is 13.7. The van der Waals surface area contributed by atoms with Gasteiger partial charge in [0, 0.05) is 70.5 Å². The summed E-state index contributed by atoms with van der Waals surface area (Å²) in [6, 6.07) is 12.2. The number of imidazole rings is 1. The van der Waals surface area contributed by atoms with Crippen LogP contribution in [0.1, 0.15) is 74.3 Å². The average Bonchev–Trinajstić information content (AvgIpc) is 3.43. The summed E-state index contributed by atoms with van der Waals surface area (Å²) in [6.45, 7) is 8.37. The Hall–Kier alpha value is -5.88. The van der Waals surface area contributed by atoms with E-state index in [9.17, 15) is 24.4 Å². The number of para-hydroxylation sites is 1. The minimum absolute atomic E-state index is 0.00992. The van der Waals surface area contributed by atoms with Crippen molar-refractivity contribution in [2.45, 2.75) is 70.5 Å². The van der Waals surface area contributed by atoms with Crippen molar-refractivity contribution >= 4 is 40.1 Å². The van der Waals surface area contributed by atoms with Crippen molar-refractivity contribution in [2.75, 3.05) is 42.9 Å². The molecule has 1 aliphatic carbocycles. The number of amides is 3. The van der Waals surface area contributed by atoms with Crippen LogP contribution >= 0.6 is 0 Å². The van der Waals surface area contributed by atoms with E-state index >= 15 is 0 Å². The molecule has 8 rings (SSSR count). The molecule has 0 spiro atoms. The summed E-state index contributed by atoms with van der Waals surface area (Å²) in [5.74, 6) is 0.992. The molecule has 4 aromatic rings. The summed E-state index contributed by atoms with van der Waals surface area (Å²) >= 11 is 0. The third kappa shape index (κ3) is 6.98. The number of nitrogens with zero attached hydrogens (tertiary/aromatic N) is 6. The van der Waals surface area contributed by atoms with E-state index in [4.69, 9.17) is 9.47 Å². The number of carbonyl (C=O) groups excluding carboxylic acids is 3. The molecule has 2 aromatic carbocycles. The molecule has 3 fully saturated rings. The number of carbonyl (C=O) groups is 3. The van der Waals surface area contributed by atoms with Gasteiger partial charge in [-0.05, 0) is 76.1 Å². The fourth-order valence-corrected chi connectivity index (χ4v) is 8.39. The lowest BCUT2D eigenvalue weighted by molar-refractivity contribution is -0.135. The van der Waals surface area contributed by atoms with Crippen molar-refractivity contribution < 1.29 is 23.9 Å². The molecule has 1 saturated carbocycles. The Balaban J connectivity index is 0.868. The Labute approximate surface area is 318 Å². The number of hydrogen-bond donors (Lipinski definition) is 3. The summed E-state index contributed by atoms with van der Waals surface area (Å²) in [7, 11) is 1.74. The van der Waals surface area contributed by atoms with Crippen LogP contribution in [0.3, 0.4) is 0 Å². The lowest BCUT2D eigenvalue weighted by Crippen LogP contribution is -2.48. The SMILES string of the molecule is CC(C)Nc1c(C(=O)NC2CCC(CN3CCN(c4cccc5c4n(C)c(=O)n5C4CCC(=O)NC4=O)CC3)CC2)cnc2c1Oc1ccc(C#N)cc1O2. The van der Waals surface area contributed by atoms with Crippen molar-refractivity contribution in [2.24, 2.45) is 13.0 Å². The topological polar surface area (TPSA) is 176 Å². The number of anilines is 2. The van der Waals surface area contributed by atoms with Crippen LogP contribution in [0.15, 0.2) is 47.4 Å². The molecule has 286 valence electrons. The zero-order valence-electron chi connectivity index (χ0n) is 31.3. The van der Waals surface area contributed by atoms with E-state index in [-0.39, 0.29) is 41.9 Å².